The Kier molecular flexibility index (Phi) is 4.57. The van der Waals surface area contributed by atoms with E-state index in [9.17, 15) is 23.2 Å². The van der Waals surface area contributed by atoms with E-state index in [0.717, 1.165) is 17.9 Å². The number of benzene rings is 1. The predicted molar refractivity (Wildman–Crippen MR) is 87.8 cm³/mol. The Morgan fingerprint density at radius 1 is 1.31 bits per heavy atom. The maximum absolute atomic E-state index is 13.7. The Balaban J connectivity index is 1.93. The first-order valence-electron chi connectivity index (χ1n) is 7.56. The van der Waals surface area contributed by atoms with Crippen LogP contribution in [0.15, 0.2) is 35.1 Å². The lowest BCUT2D eigenvalue weighted by Crippen LogP contribution is -2.41. The molecule has 2 aromatic rings. The van der Waals surface area contributed by atoms with Gasteiger partial charge in [0.2, 0.25) is 0 Å². The highest BCUT2D eigenvalue weighted by Gasteiger charge is 2.51. The van der Waals surface area contributed by atoms with Crippen LogP contribution < -0.4 is 5.56 Å². The van der Waals surface area contributed by atoms with E-state index in [1.807, 2.05) is 0 Å². The number of aromatic amines is 1. The lowest BCUT2D eigenvalue weighted by Gasteiger charge is -2.21. The number of methoxy groups -OCH3 is 1. The fourth-order valence-electron chi connectivity index (χ4n) is 2.82. The number of likely N-dealkylation sites (tertiary alicyclic amines) is 1. The molecule has 10 heteroatoms. The lowest BCUT2D eigenvalue weighted by atomic mass is 10.2. The van der Waals surface area contributed by atoms with Gasteiger partial charge in [-0.2, -0.15) is 0 Å². The molecule has 1 saturated heterocycles. The number of H-pyrrole nitrogens is 1. The second-order valence-electron chi connectivity index (χ2n) is 5.85. The molecule has 1 amide bonds. The molecule has 3 rings (SSSR count). The van der Waals surface area contributed by atoms with Crippen LogP contribution in [0.5, 0.6) is 0 Å². The Labute approximate surface area is 151 Å². The Hall–Kier alpha value is -2.68. The van der Waals surface area contributed by atoms with Crippen molar-refractivity contribution < 1.29 is 23.1 Å². The zero-order valence-electron chi connectivity index (χ0n) is 13.5. The van der Waals surface area contributed by atoms with Crippen molar-refractivity contribution in [2.45, 2.75) is 18.4 Å². The normalized spacial score (nSPS) is 18.8. The molecule has 1 aliphatic heterocycles. The van der Waals surface area contributed by atoms with Crippen molar-refractivity contribution in [3.8, 4) is 5.69 Å². The molecule has 1 atom stereocenters. The van der Waals surface area contributed by atoms with Gasteiger partial charge in [0.05, 0.1) is 19.3 Å². The quantitative estimate of drug-likeness (QED) is 0.817. The lowest BCUT2D eigenvalue weighted by molar-refractivity contribution is -0.145. The third kappa shape index (κ3) is 3.34. The molecule has 26 heavy (non-hydrogen) atoms. The van der Waals surface area contributed by atoms with Crippen LogP contribution in [-0.4, -0.2) is 52.2 Å². The van der Waals surface area contributed by atoms with E-state index in [1.165, 1.54) is 0 Å². The minimum atomic E-state index is -3.21. The summed E-state index contributed by atoms with van der Waals surface area (Å²) in [4.78, 5) is 37.2. The fourth-order valence-corrected chi connectivity index (χ4v) is 2.95. The first kappa shape index (κ1) is 18.1. The molecule has 0 saturated carbocycles. The van der Waals surface area contributed by atoms with Crippen molar-refractivity contribution in [1.29, 1.82) is 0 Å². The third-order valence-electron chi connectivity index (χ3n) is 4.04. The number of rotatable bonds is 3. The van der Waals surface area contributed by atoms with Crippen molar-refractivity contribution in [2.24, 2.45) is 0 Å². The van der Waals surface area contributed by atoms with Crippen molar-refractivity contribution in [3.05, 3.63) is 51.4 Å². The Morgan fingerprint density at radius 3 is 2.58 bits per heavy atom. The van der Waals surface area contributed by atoms with Gasteiger partial charge in [0, 0.05) is 17.5 Å². The van der Waals surface area contributed by atoms with E-state index >= 15 is 0 Å². The summed E-state index contributed by atoms with van der Waals surface area (Å²) in [5.74, 6) is -5.04. The molecule has 0 unspecified atom stereocenters. The van der Waals surface area contributed by atoms with Gasteiger partial charge in [0.15, 0.2) is 0 Å². The van der Waals surface area contributed by atoms with Crippen LogP contribution in [0, 0.1) is 0 Å². The van der Waals surface area contributed by atoms with Gasteiger partial charge in [-0.15, -0.1) is 0 Å². The number of carbonyl (C=O) groups is 2. The van der Waals surface area contributed by atoms with Crippen LogP contribution in [-0.2, 0) is 9.53 Å². The monoisotopic (exact) mass is 385 g/mol. The molecule has 0 bridgehead atoms. The van der Waals surface area contributed by atoms with Gasteiger partial charge in [-0.1, -0.05) is 11.6 Å². The van der Waals surface area contributed by atoms with Crippen molar-refractivity contribution in [3.63, 3.8) is 0 Å². The maximum atomic E-state index is 13.7. The summed E-state index contributed by atoms with van der Waals surface area (Å²) >= 11 is 5.79. The molecule has 1 aliphatic rings. The van der Waals surface area contributed by atoms with Gasteiger partial charge in [-0.05, 0) is 24.3 Å². The molecule has 7 nitrogen and oxygen atoms in total. The van der Waals surface area contributed by atoms with E-state index in [-0.39, 0.29) is 5.69 Å². The number of hydrogen-bond donors (Lipinski definition) is 1. The number of hydrogen-bond acceptors (Lipinski definition) is 4. The highest BCUT2D eigenvalue weighted by atomic mass is 35.5. The number of nitrogens with one attached hydrogen (secondary N) is 1. The van der Waals surface area contributed by atoms with Gasteiger partial charge in [-0.3, -0.25) is 14.7 Å². The number of nitrogens with zero attached hydrogens (tertiary/aromatic N) is 2. The third-order valence-corrected chi connectivity index (χ3v) is 4.29. The van der Waals surface area contributed by atoms with E-state index in [0.29, 0.717) is 15.6 Å². The summed E-state index contributed by atoms with van der Waals surface area (Å²) < 4.78 is 33.0. The van der Waals surface area contributed by atoms with Crippen molar-refractivity contribution in [2.75, 3.05) is 13.7 Å². The number of amides is 1. The van der Waals surface area contributed by atoms with E-state index in [2.05, 4.69) is 9.84 Å². The smallest absolute Gasteiger partial charge is 0.328 e. The molecule has 0 radical (unpaired) electrons. The molecular weight excluding hydrogens is 372 g/mol. The topological polar surface area (TPSA) is 84.4 Å². The Bertz CT molecular complexity index is 907. The molecule has 0 aliphatic carbocycles. The van der Waals surface area contributed by atoms with E-state index < -0.39 is 42.4 Å². The zero-order valence-corrected chi connectivity index (χ0v) is 14.3. The summed E-state index contributed by atoms with van der Waals surface area (Å²) in [5, 5.41) is 3.03. The molecule has 1 aromatic heterocycles. The summed E-state index contributed by atoms with van der Waals surface area (Å²) in [5.41, 5.74) is -0.359. The van der Waals surface area contributed by atoms with Crippen LogP contribution in [0.1, 0.15) is 16.9 Å². The minimum absolute atomic E-state index is 0.212. The van der Waals surface area contributed by atoms with Crippen LogP contribution in [0.4, 0.5) is 8.78 Å². The molecule has 2 heterocycles. The highest BCUT2D eigenvalue weighted by Crippen LogP contribution is 2.33. The van der Waals surface area contributed by atoms with E-state index in [1.54, 1.807) is 24.3 Å². The SMILES string of the molecule is COC(=O)[C@@H]1CC(F)(F)CN1C(=O)c1cc(=O)n(-c2ccc(Cl)cc2)[nH]1. The summed E-state index contributed by atoms with van der Waals surface area (Å²) in [6.07, 6.45) is -0.826. The standard InChI is InChI=1S/C16H14ClF2N3O4/c1-26-15(25)12-7-16(18,19)8-21(12)14(24)11-6-13(23)22(20-11)10-4-2-9(17)3-5-10/h2-6,12,20H,7-8H2,1H3/t12-/m0/s1. The number of esters is 1. The number of halogens is 3. The first-order valence-corrected chi connectivity index (χ1v) is 7.94. The maximum Gasteiger partial charge on any atom is 0.328 e. The van der Waals surface area contributed by atoms with Crippen molar-refractivity contribution in [1.82, 2.24) is 14.7 Å². The van der Waals surface area contributed by atoms with Gasteiger partial charge in [0.25, 0.3) is 17.4 Å². The van der Waals surface area contributed by atoms with E-state index in [4.69, 9.17) is 11.6 Å². The van der Waals surface area contributed by atoms with Gasteiger partial charge in [0.1, 0.15) is 11.7 Å². The highest BCUT2D eigenvalue weighted by molar-refractivity contribution is 6.30. The molecule has 1 aromatic carbocycles. The van der Waals surface area contributed by atoms with Crippen LogP contribution in [0.3, 0.4) is 0 Å². The van der Waals surface area contributed by atoms with Crippen LogP contribution in [0.25, 0.3) is 5.69 Å². The van der Waals surface area contributed by atoms with Gasteiger partial charge >= 0.3 is 5.97 Å². The van der Waals surface area contributed by atoms with Crippen LogP contribution in [0.2, 0.25) is 5.02 Å². The van der Waals surface area contributed by atoms with Gasteiger partial charge in [-0.25, -0.2) is 18.3 Å². The summed E-state index contributed by atoms with van der Waals surface area (Å²) in [6.45, 7) is -0.931. The molecule has 138 valence electrons. The summed E-state index contributed by atoms with van der Waals surface area (Å²) in [6, 6.07) is 5.79. The predicted octanol–water partition coefficient (Wildman–Crippen LogP) is 1.84. The largest absolute Gasteiger partial charge is 0.467 e. The molecule has 1 fully saturated rings. The number of ether oxygens (including phenoxy) is 1. The zero-order chi connectivity index (χ0) is 19.1. The average Bonchev–Trinajstić information content (AvgIpc) is 3.14. The molecule has 0 spiro atoms. The molecule has 1 N–H and O–H groups in total. The minimum Gasteiger partial charge on any atom is -0.467 e. The first-order chi connectivity index (χ1) is 12.2. The van der Waals surface area contributed by atoms with Crippen LogP contribution >= 0.6 is 11.6 Å². The average molecular weight is 386 g/mol. The number of carbonyl (C=O) groups excluding carboxylic acids is 2. The summed E-state index contributed by atoms with van der Waals surface area (Å²) in [7, 11) is 1.06. The molecular formula is C16H14ClF2N3O4. The second-order valence-corrected chi connectivity index (χ2v) is 6.29. The number of alkyl halides is 2. The number of aromatic nitrogens is 2. The van der Waals surface area contributed by atoms with Gasteiger partial charge < -0.3 is 9.64 Å². The fraction of sp³-hybridized carbons (Fsp3) is 0.312. The second kappa shape index (κ2) is 6.56. The van der Waals surface area contributed by atoms with Crippen molar-refractivity contribution >= 4 is 23.5 Å². The Morgan fingerprint density at radius 2 is 1.96 bits per heavy atom.